The summed E-state index contributed by atoms with van der Waals surface area (Å²) in [6.07, 6.45) is 7.00. The number of piperidine rings is 3. The molecule has 6 heteroatoms. The largest absolute Gasteiger partial charge is 0.353 e. The normalized spacial score (nSPS) is 42.5. The van der Waals surface area contributed by atoms with E-state index in [-0.39, 0.29) is 29.2 Å². The molecular weight excluding hydrogens is 412 g/mol. The first-order valence-corrected chi connectivity index (χ1v) is 13.6. The van der Waals surface area contributed by atoms with Gasteiger partial charge in [0.05, 0.1) is 0 Å². The van der Waals surface area contributed by atoms with Gasteiger partial charge in [0.25, 0.3) is 0 Å². The van der Waals surface area contributed by atoms with E-state index in [1.165, 1.54) is 0 Å². The van der Waals surface area contributed by atoms with E-state index < -0.39 is 0 Å². The van der Waals surface area contributed by atoms with E-state index in [9.17, 15) is 9.59 Å². The topological polar surface area (TPSA) is 73.5 Å². The van der Waals surface area contributed by atoms with E-state index >= 15 is 0 Å². The minimum absolute atomic E-state index is 0.102. The van der Waals surface area contributed by atoms with E-state index in [1.807, 2.05) is 7.05 Å². The van der Waals surface area contributed by atoms with Crippen molar-refractivity contribution in [3.8, 4) is 0 Å². The molecule has 2 amide bonds. The number of carbonyl (C=O) groups is 2. The van der Waals surface area contributed by atoms with Gasteiger partial charge in [-0.2, -0.15) is 0 Å². The van der Waals surface area contributed by atoms with Crippen molar-refractivity contribution in [2.24, 2.45) is 35.0 Å². The highest BCUT2D eigenvalue weighted by Gasteiger charge is 2.47. The van der Waals surface area contributed by atoms with Gasteiger partial charge < -0.3 is 20.9 Å². The standard InChI is InChI=1S/C27H48N4O2/c1-16-7-8-20(30-25(32)18-9-10-28-24(13-18)27(3,4)5)14-21(16)22-12-19-15-29-17(2)11-23(19)31(6)26(22)33/h16-24,28-29H,7-15H2,1-6H3,(H,30,32). The second-order valence-corrected chi connectivity index (χ2v) is 12.9. The molecule has 4 rings (SSSR count). The molecule has 0 bridgehead atoms. The molecule has 1 aliphatic carbocycles. The molecule has 3 heterocycles. The zero-order valence-electron chi connectivity index (χ0n) is 21.8. The molecule has 33 heavy (non-hydrogen) atoms. The predicted octanol–water partition coefficient (Wildman–Crippen LogP) is 3.17. The number of likely N-dealkylation sites (tertiary alicyclic amines) is 1. The molecule has 3 N–H and O–H groups in total. The summed E-state index contributed by atoms with van der Waals surface area (Å²) in [5.74, 6) is 2.26. The minimum atomic E-state index is 0.102. The third kappa shape index (κ3) is 5.42. The van der Waals surface area contributed by atoms with Crippen molar-refractivity contribution in [2.45, 2.75) is 104 Å². The second kappa shape index (κ2) is 9.85. The number of amides is 2. The first kappa shape index (κ1) is 25.0. The number of carbonyl (C=O) groups excluding carboxylic acids is 2. The van der Waals surface area contributed by atoms with Crippen molar-refractivity contribution in [1.29, 1.82) is 0 Å². The quantitative estimate of drug-likeness (QED) is 0.605. The van der Waals surface area contributed by atoms with Crippen molar-refractivity contribution in [1.82, 2.24) is 20.9 Å². The summed E-state index contributed by atoms with van der Waals surface area (Å²) < 4.78 is 0. The summed E-state index contributed by atoms with van der Waals surface area (Å²) in [5, 5.41) is 10.7. The highest BCUT2D eigenvalue weighted by atomic mass is 16.2. The van der Waals surface area contributed by atoms with Gasteiger partial charge in [-0.05, 0) is 81.6 Å². The van der Waals surface area contributed by atoms with Crippen LogP contribution in [0.4, 0.5) is 0 Å². The fourth-order valence-electron chi connectivity index (χ4n) is 7.23. The smallest absolute Gasteiger partial charge is 0.225 e. The molecule has 6 nitrogen and oxygen atoms in total. The maximum Gasteiger partial charge on any atom is 0.225 e. The van der Waals surface area contributed by atoms with Gasteiger partial charge in [-0.1, -0.05) is 27.7 Å². The molecule has 4 aliphatic rings. The third-order valence-electron chi connectivity index (χ3n) is 9.53. The van der Waals surface area contributed by atoms with Crippen LogP contribution in [0.5, 0.6) is 0 Å². The van der Waals surface area contributed by atoms with Gasteiger partial charge >= 0.3 is 0 Å². The van der Waals surface area contributed by atoms with E-state index in [2.05, 4.69) is 55.5 Å². The van der Waals surface area contributed by atoms with E-state index in [1.54, 1.807) is 0 Å². The van der Waals surface area contributed by atoms with Crippen LogP contribution in [-0.2, 0) is 9.59 Å². The summed E-state index contributed by atoms with van der Waals surface area (Å²) in [7, 11) is 2.03. The van der Waals surface area contributed by atoms with Crippen molar-refractivity contribution in [3.05, 3.63) is 0 Å². The molecule has 0 aromatic carbocycles. The Hall–Kier alpha value is -1.14. The molecule has 4 fully saturated rings. The number of hydrogen-bond acceptors (Lipinski definition) is 4. The van der Waals surface area contributed by atoms with Gasteiger partial charge in [0.2, 0.25) is 11.8 Å². The maximum absolute atomic E-state index is 13.4. The van der Waals surface area contributed by atoms with E-state index in [0.29, 0.717) is 41.8 Å². The molecule has 9 atom stereocenters. The lowest BCUT2D eigenvalue weighted by molar-refractivity contribution is -0.148. The van der Waals surface area contributed by atoms with Gasteiger partial charge in [0, 0.05) is 49.6 Å². The van der Waals surface area contributed by atoms with Crippen LogP contribution in [0.1, 0.15) is 79.6 Å². The van der Waals surface area contributed by atoms with Gasteiger partial charge in [0.1, 0.15) is 0 Å². The molecule has 0 radical (unpaired) electrons. The SMILES string of the molecule is CC1CC2C(CN1)CC(C1CC(NC(=O)C3CCNC(C(C)(C)C)C3)CCC1C)C(=O)N2C. The molecular formula is C27H48N4O2. The molecule has 3 saturated heterocycles. The molecule has 3 aliphatic heterocycles. The number of nitrogens with zero attached hydrogens (tertiary/aromatic N) is 1. The van der Waals surface area contributed by atoms with Gasteiger partial charge in [0.15, 0.2) is 0 Å². The van der Waals surface area contributed by atoms with Crippen molar-refractivity contribution in [3.63, 3.8) is 0 Å². The minimum Gasteiger partial charge on any atom is -0.353 e. The van der Waals surface area contributed by atoms with Crippen molar-refractivity contribution >= 4 is 11.8 Å². The summed E-state index contributed by atoms with van der Waals surface area (Å²) in [4.78, 5) is 28.7. The van der Waals surface area contributed by atoms with Crippen LogP contribution in [0.25, 0.3) is 0 Å². The van der Waals surface area contributed by atoms with Gasteiger partial charge in [-0.3, -0.25) is 9.59 Å². The molecule has 0 spiro atoms. The maximum atomic E-state index is 13.4. The predicted molar refractivity (Wildman–Crippen MR) is 133 cm³/mol. The first-order valence-electron chi connectivity index (χ1n) is 13.6. The highest BCUT2D eigenvalue weighted by molar-refractivity contribution is 5.81. The summed E-state index contributed by atoms with van der Waals surface area (Å²) in [6, 6.07) is 1.47. The second-order valence-electron chi connectivity index (χ2n) is 12.9. The summed E-state index contributed by atoms with van der Waals surface area (Å²) in [5.41, 5.74) is 0.168. The Morgan fingerprint density at radius 3 is 2.52 bits per heavy atom. The Balaban J connectivity index is 1.38. The van der Waals surface area contributed by atoms with Crippen molar-refractivity contribution in [2.75, 3.05) is 20.1 Å². The van der Waals surface area contributed by atoms with Gasteiger partial charge in [-0.25, -0.2) is 0 Å². The zero-order chi connectivity index (χ0) is 23.9. The highest BCUT2D eigenvalue weighted by Crippen LogP contribution is 2.43. The average Bonchev–Trinajstić information content (AvgIpc) is 2.77. The average molecular weight is 461 g/mol. The van der Waals surface area contributed by atoms with Crippen LogP contribution in [0.3, 0.4) is 0 Å². The molecule has 1 saturated carbocycles. The van der Waals surface area contributed by atoms with Crippen LogP contribution < -0.4 is 16.0 Å². The van der Waals surface area contributed by atoms with Crippen LogP contribution in [-0.4, -0.2) is 61.0 Å². The Morgan fingerprint density at radius 1 is 1.03 bits per heavy atom. The van der Waals surface area contributed by atoms with Gasteiger partial charge in [-0.15, -0.1) is 0 Å². The fourth-order valence-corrected chi connectivity index (χ4v) is 7.23. The third-order valence-corrected chi connectivity index (χ3v) is 9.53. The Morgan fingerprint density at radius 2 is 1.79 bits per heavy atom. The molecule has 9 unspecified atom stereocenters. The lowest BCUT2D eigenvalue weighted by Crippen LogP contribution is -2.60. The number of hydrogen-bond donors (Lipinski definition) is 3. The lowest BCUT2D eigenvalue weighted by Gasteiger charge is -2.50. The molecule has 0 aromatic rings. The van der Waals surface area contributed by atoms with E-state index in [0.717, 1.165) is 58.0 Å². The Bertz CT molecular complexity index is 719. The monoisotopic (exact) mass is 460 g/mol. The van der Waals surface area contributed by atoms with Crippen LogP contribution in [0.2, 0.25) is 0 Å². The zero-order valence-corrected chi connectivity index (χ0v) is 21.8. The van der Waals surface area contributed by atoms with Crippen LogP contribution in [0.15, 0.2) is 0 Å². The lowest BCUT2D eigenvalue weighted by atomic mass is 9.65. The van der Waals surface area contributed by atoms with E-state index in [4.69, 9.17) is 0 Å². The summed E-state index contributed by atoms with van der Waals surface area (Å²) in [6.45, 7) is 13.2. The van der Waals surface area contributed by atoms with Crippen LogP contribution >= 0.6 is 0 Å². The van der Waals surface area contributed by atoms with Crippen molar-refractivity contribution < 1.29 is 9.59 Å². The Kier molecular flexibility index (Phi) is 7.45. The van der Waals surface area contributed by atoms with Crippen LogP contribution in [0, 0.1) is 35.0 Å². The molecule has 0 aromatic heterocycles. The molecule has 188 valence electrons. The fraction of sp³-hybridized carbons (Fsp3) is 0.926. The first-order chi connectivity index (χ1) is 15.5. The number of fused-ring (bicyclic) bond motifs is 1. The summed E-state index contributed by atoms with van der Waals surface area (Å²) >= 11 is 0. The number of rotatable bonds is 3. The Labute approximate surface area is 201 Å². The number of nitrogens with one attached hydrogen (secondary N) is 3.